The van der Waals surface area contributed by atoms with E-state index in [0.29, 0.717) is 12.6 Å². The van der Waals surface area contributed by atoms with E-state index in [1.165, 1.54) is 44.9 Å². The Morgan fingerprint density at radius 2 is 1.62 bits per heavy atom. The second-order valence-corrected chi connectivity index (χ2v) is 4.17. The fraction of sp³-hybridized carbons (Fsp3) is 1.00. The molecule has 78 valence electrons. The first kappa shape index (κ1) is 11.0. The lowest BCUT2D eigenvalue weighted by Gasteiger charge is -2.28. The Morgan fingerprint density at radius 3 is 2.15 bits per heavy atom. The molecule has 1 nitrogen and oxygen atoms in total. The summed E-state index contributed by atoms with van der Waals surface area (Å²) in [6, 6.07) is 0.649. The Morgan fingerprint density at radius 1 is 1.08 bits per heavy atom. The summed E-state index contributed by atoms with van der Waals surface area (Å²) in [7, 11) is 2.06. The van der Waals surface area contributed by atoms with Gasteiger partial charge >= 0.3 is 0 Å². The van der Waals surface area contributed by atoms with Crippen molar-refractivity contribution >= 4 is 0 Å². The van der Waals surface area contributed by atoms with Crippen LogP contribution in [0.1, 0.15) is 44.9 Å². The zero-order chi connectivity index (χ0) is 9.52. The van der Waals surface area contributed by atoms with Crippen molar-refractivity contribution in [2.24, 2.45) is 0 Å². The molecule has 2 heteroatoms. The van der Waals surface area contributed by atoms with E-state index >= 15 is 0 Å². The SMILES string of the molecule is CN(CCF)C1CCCCCCC1. The van der Waals surface area contributed by atoms with Crippen LogP contribution in [0, 0.1) is 0 Å². The average Bonchev–Trinajstić information content (AvgIpc) is 2.03. The highest BCUT2D eigenvalue weighted by atomic mass is 19.1. The summed E-state index contributed by atoms with van der Waals surface area (Å²) in [4.78, 5) is 2.20. The molecular weight excluding hydrogens is 165 g/mol. The van der Waals surface area contributed by atoms with Gasteiger partial charge in [0.05, 0.1) is 0 Å². The molecule has 0 radical (unpaired) electrons. The minimum atomic E-state index is -0.201. The topological polar surface area (TPSA) is 3.24 Å². The van der Waals surface area contributed by atoms with E-state index in [-0.39, 0.29) is 6.67 Å². The van der Waals surface area contributed by atoms with Gasteiger partial charge in [-0.1, -0.05) is 32.1 Å². The molecule has 0 aromatic heterocycles. The summed E-state index contributed by atoms with van der Waals surface area (Å²) in [5.41, 5.74) is 0. The molecule has 0 atom stereocenters. The largest absolute Gasteiger partial charge is 0.301 e. The fourth-order valence-corrected chi connectivity index (χ4v) is 2.19. The van der Waals surface area contributed by atoms with Gasteiger partial charge in [0.1, 0.15) is 6.67 Å². The van der Waals surface area contributed by atoms with Crippen molar-refractivity contribution in [1.82, 2.24) is 4.90 Å². The first-order chi connectivity index (χ1) is 6.34. The third-order valence-corrected chi connectivity index (χ3v) is 3.14. The van der Waals surface area contributed by atoms with Crippen molar-refractivity contribution < 1.29 is 4.39 Å². The summed E-state index contributed by atoms with van der Waals surface area (Å²) in [6.45, 7) is 0.414. The van der Waals surface area contributed by atoms with Crippen LogP contribution in [0.15, 0.2) is 0 Å². The summed E-state index contributed by atoms with van der Waals surface area (Å²) < 4.78 is 12.1. The lowest BCUT2D eigenvalue weighted by molar-refractivity contribution is 0.189. The second-order valence-electron chi connectivity index (χ2n) is 4.17. The molecule has 0 bridgehead atoms. The Kier molecular flexibility index (Phi) is 5.37. The first-order valence-electron chi connectivity index (χ1n) is 5.61. The van der Waals surface area contributed by atoms with E-state index in [1.54, 1.807) is 0 Å². The highest BCUT2D eigenvalue weighted by molar-refractivity contribution is 4.71. The average molecular weight is 187 g/mol. The van der Waals surface area contributed by atoms with E-state index in [0.717, 1.165) is 0 Å². The number of rotatable bonds is 3. The lowest BCUT2D eigenvalue weighted by atomic mass is 9.96. The molecule has 13 heavy (non-hydrogen) atoms. The Labute approximate surface area is 81.3 Å². The van der Waals surface area contributed by atoms with Crippen molar-refractivity contribution in [2.75, 3.05) is 20.3 Å². The summed E-state index contributed by atoms with van der Waals surface area (Å²) in [6.07, 6.45) is 9.37. The van der Waals surface area contributed by atoms with Crippen molar-refractivity contribution in [3.63, 3.8) is 0 Å². The number of hydrogen-bond donors (Lipinski definition) is 0. The molecule has 0 unspecified atom stereocenters. The molecule has 0 aliphatic heterocycles. The molecule has 0 N–H and O–H groups in total. The van der Waals surface area contributed by atoms with Gasteiger partial charge in [0.15, 0.2) is 0 Å². The highest BCUT2D eigenvalue weighted by Gasteiger charge is 2.15. The second kappa shape index (κ2) is 6.36. The standard InChI is InChI=1S/C11H22FN/c1-13(10-9-12)11-7-5-3-2-4-6-8-11/h11H,2-10H2,1H3. The predicted molar refractivity (Wildman–Crippen MR) is 54.7 cm³/mol. The maximum absolute atomic E-state index is 12.1. The fourth-order valence-electron chi connectivity index (χ4n) is 2.19. The zero-order valence-electron chi connectivity index (χ0n) is 8.77. The molecule has 1 aliphatic rings. The molecule has 0 aromatic rings. The van der Waals surface area contributed by atoms with Gasteiger partial charge in [-0.25, -0.2) is 4.39 Å². The molecule has 1 saturated carbocycles. The molecule has 1 aliphatic carbocycles. The molecule has 1 rings (SSSR count). The summed E-state index contributed by atoms with van der Waals surface area (Å²) in [5, 5.41) is 0. The van der Waals surface area contributed by atoms with Crippen LogP contribution in [-0.4, -0.2) is 31.2 Å². The molecule has 0 spiro atoms. The van der Waals surface area contributed by atoms with Crippen LogP contribution in [0.2, 0.25) is 0 Å². The number of halogens is 1. The van der Waals surface area contributed by atoms with E-state index in [9.17, 15) is 4.39 Å². The normalized spacial score (nSPS) is 21.5. The Hall–Kier alpha value is -0.110. The summed E-state index contributed by atoms with van der Waals surface area (Å²) >= 11 is 0. The van der Waals surface area contributed by atoms with Crippen molar-refractivity contribution in [1.29, 1.82) is 0 Å². The van der Waals surface area contributed by atoms with Gasteiger partial charge in [-0.05, 0) is 19.9 Å². The number of hydrogen-bond acceptors (Lipinski definition) is 1. The van der Waals surface area contributed by atoms with Gasteiger partial charge in [0, 0.05) is 12.6 Å². The Balaban J connectivity index is 2.27. The zero-order valence-corrected chi connectivity index (χ0v) is 8.77. The minimum Gasteiger partial charge on any atom is -0.301 e. The maximum atomic E-state index is 12.1. The van der Waals surface area contributed by atoms with Gasteiger partial charge in [0.25, 0.3) is 0 Å². The van der Waals surface area contributed by atoms with Crippen molar-refractivity contribution in [3.8, 4) is 0 Å². The molecule has 1 fully saturated rings. The van der Waals surface area contributed by atoms with Crippen molar-refractivity contribution in [2.45, 2.75) is 51.0 Å². The van der Waals surface area contributed by atoms with E-state index in [1.807, 2.05) is 0 Å². The first-order valence-corrected chi connectivity index (χ1v) is 5.61. The van der Waals surface area contributed by atoms with Crippen LogP contribution in [-0.2, 0) is 0 Å². The molecule has 0 saturated heterocycles. The quantitative estimate of drug-likeness (QED) is 0.656. The molecule has 0 heterocycles. The lowest BCUT2D eigenvalue weighted by Crippen LogP contribution is -2.33. The maximum Gasteiger partial charge on any atom is 0.102 e. The van der Waals surface area contributed by atoms with Gasteiger partial charge < -0.3 is 4.90 Å². The predicted octanol–water partition coefficient (Wildman–Crippen LogP) is 3.00. The smallest absolute Gasteiger partial charge is 0.102 e. The third-order valence-electron chi connectivity index (χ3n) is 3.14. The van der Waals surface area contributed by atoms with E-state index < -0.39 is 0 Å². The number of alkyl halides is 1. The van der Waals surface area contributed by atoms with Crippen molar-refractivity contribution in [3.05, 3.63) is 0 Å². The minimum absolute atomic E-state index is 0.201. The van der Waals surface area contributed by atoms with Gasteiger partial charge in [-0.2, -0.15) is 0 Å². The number of nitrogens with zero attached hydrogens (tertiary/aromatic N) is 1. The van der Waals surface area contributed by atoms with Crippen LogP contribution < -0.4 is 0 Å². The van der Waals surface area contributed by atoms with Gasteiger partial charge in [-0.3, -0.25) is 0 Å². The van der Waals surface area contributed by atoms with Crippen LogP contribution in [0.25, 0.3) is 0 Å². The summed E-state index contributed by atoms with van der Waals surface area (Å²) in [5.74, 6) is 0. The molecular formula is C11H22FN. The van der Waals surface area contributed by atoms with E-state index in [2.05, 4.69) is 11.9 Å². The molecule has 0 amide bonds. The van der Waals surface area contributed by atoms with Crippen LogP contribution in [0.3, 0.4) is 0 Å². The van der Waals surface area contributed by atoms with Gasteiger partial charge in [0.2, 0.25) is 0 Å². The third kappa shape index (κ3) is 4.08. The van der Waals surface area contributed by atoms with Crippen LogP contribution in [0.4, 0.5) is 4.39 Å². The van der Waals surface area contributed by atoms with Crippen LogP contribution in [0.5, 0.6) is 0 Å². The highest BCUT2D eigenvalue weighted by Crippen LogP contribution is 2.20. The van der Waals surface area contributed by atoms with Gasteiger partial charge in [-0.15, -0.1) is 0 Å². The van der Waals surface area contributed by atoms with E-state index in [4.69, 9.17) is 0 Å². The monoisotopic (exact) mass is 187 g/mol. The van der Waals surface area contributed by atoms with Crippen LogP contribution >= 0.6 is 0 Å². The molecule has 0 aromatic carbocycles. The Bertz CT molecular complexity index is 119.